The van der Waals surface area contributed by atoms with Gasteiger partial charge in [-0.25, -0.2) is 0 Å². The van der Waals surface area contributed by atoms with Crippen molar-refractivity contribution in [2.75, 3.05) is 33.8 Å². The molecular weight excluding hydrogens is 443 g/mol. The van der Waals surface area contributed by atoms with E-state index in [2.05, 4.69) is 34.3 Å². The smallest absolute Gasteiger partial charge is 0.217 e. The lowest BCUT2D eigenvalue weighted by Crippen LogP contribution is -2.47. The number of amides is 1. The lowest BCUT2D eigenvalue weighted by molar-refractivity contribution is -0.119. The van der Waals surface area contributed by atoms with Crippen molar-refractivity contribution in [1.29, 1.82) is 0 Å². The molecule has 1 unspecified atom stereocenters. The zero-order valence-electron chi connectivity index (χ0n) is 16.0. The lowest BCUT2D eigenvalue weighted by atomic mass is 9.95. The molecule has 0 saturated carbocycles. The Kier molecular flexibility index (Phi) is 9.75. The first-order chi connectivity index (χ1) is 12.0. The Morgan fingerprint density at radius 1 is 1.46 bits per heavy atom. The van der Waals surface area contributed by atoms with Crippen molar-refractivity contribution in [3.05, 3.63) is 29.3 Å². The molecule has 1 saturated heterocycles. The van der Waals surface area contributed by atoms with Gasteiger partial charge in [0.15, 0.2) is 5.96 Å². The van der Waals surface area contributed by atoms with Crippen molar-refractivity contribution in [1.82, 2.24) is 10.2 Å². The zero-order chi connectivity index (χ0) is 18.2. The first-order valence-electron chi connectivity index (χ1n) is 8.91. The average molecular weight is 474 g/mol. The van der Waals surface area contributed by atoms with E-state index in [0.29, 0.717) is 12.3 Å². The topological polar surface area (TPSA) is 80.0 Å². The van der Waals surface area contributed by atoms with E-state index in [4.69, 9.17) is 10.5 Å². The minimum Gasteiger partial charge on any atom is -0.496 e. The van der Waals surface area contributed by atoms with Crippen molar-refractivity contribution in [2.45, 2.75) is 32.6 Å². The SMILES string of the molecule is CN=C(NCCc1cc(C)ccc1OC)N1CCCC(CC(N)=O)C1.I. The number of halogens is 1. The van der Waals surface area contributed by atoms with Crippen molar-refractivity contribution in [3.8, 4) is 5.75 Å². The average Bonchev–Trinajstić information content (AvgIpc) is 2.58. The molecule has 26 heavy (non-hydrogen) atoms. The van der Waals surface area contributed by atoms with Gasteiger partial charge in [0.05, 0.1) is 7.11 Å². The third-order valence-corrected chi connectivity index (χ3v) is 4.63. The summed E-state index contributed by atoms with van der Waals surface area (Å²) >= 11 is 0. The standard InChI is InChI=1S/C19H30N4O2.HI/c1-14-6-7-17(25-3)16(11-14)8-9-22-19(21-2)23-10-4-5-15(13-23)12-18(20)24;/h6-7,11,15H,4-5,8-10,12-13H2,1-3H3,(H2,20,24)(H,21,22);1H. The van der Waals surface area contributed by atoms with Crippen LogP contribution < -0.4 is 15.8 Å². The van der Waals surface area contributed by atoms with E-state index in [1.165, 1.54) is 11.1 Å². The van der Waals surface area contributed by atoms with Gasteiger partial charge in [0, 0.05) is 33.1 Å². The minimum absolute atomic E-state index is 0. The van der Waals surface area contributed by atoms with E-state index < -0.39 is 0 Å². The summed E-state index contributed by atoms with van der Waals surface area (Å²) in [5.74, 6) is 1.91. The molecule has 0 aliphatic carbocycles. The third kappa shape index (κ3) is 6.66. The first kappa shape index (κ1) is 22.5. The maximum Gasteiger partial charge on any atom is 0.217 e. The predicted octanol–water partition coefficient (Wildman–Crippen LogP) is 2.33. The summed E-state index contributed by atoms with van der Waals surface area (Å²) in [6.45, 7) is 4.66. The second-order valence-electron chi connectivity index (χ2n) is 6.66. The van der Waals surface area contributed by atoms with Crippen molar-refractivity contribution in [3.63, 3.8) is 0 Å². The van der Waals surface area contributed by atoms with Crippen LogP contribution in [0.1, 0.15) is 30.4 Å². The van der Waals surface area contributed by atoms with Gasteiger partial charge >= 0.3 is 0 Å². The summed E-state index contributed by atoms with van der Waals surface area (Å²) in [5.41, 5.74) is 7.76. The number of carbonyl (C=O) groups is 1. The summed E-state index contributed by atoms with van der Waals surface area (Å²) < 4.78 is 5.44. The number of primary amides is 1. The highest BCUT2D eigenvalue weighted by atomic mass is 127. The van der Waals surface area contributed by atoms with Gasteiger partial charge in [-0.2, -0.15) is 0 Å². The molecule has 1 atom stereocenters. The number of nitrogens with two attached hydrogens (primary N) is 1. The number of ether oxygens (including phenoxy) is 1. The quantitative estimate of drug-likeness (QED) is 0.377. The largest absolute Gasteiger partial charge is 0.496 e. The number of hydrogen-bond donors (Lipinski definition) is 2. The van der Waals surface area contributed by atoms with Crippen LogP contribution in [0.15, 0.2) is 23.2 Å². The van der Waals surface area contributed by atoms with E-state index in [1.807, 2.05) is 6.07 Å². The number of carbonyl (C=O) groups excluding carboxylic acids is 1. The Hall–Kier alpha value is -1.51. The number of methoxy groups -OCH3 is 1. The molecule has 1 aliphatic rings. The first-order valence-corrected chi connectivity index (χ1v) is 8.91. The number of benzene rings is 1. The molecule has 0 aromatic heterocycles. The van der Waals surface area contributed by atoms with Gasteiger partial charge in [-0.3, -0.25) is 9.79 Å². The normalized spacial score (nSPS) is 17.4. The molecule has 6 nitrogen and oxygen atoms in total. The highest BCUT2D eigenvalue weighted by molar-refractivity contribution is 14.0. The van der Waals surface area contributed by atoms with Crippen LogP contribution in [0.25, 0.3) is 0 Å². The van der Waals surface area contributed by atoms with Gasteiger partial charge in [0.25, 0.3) is 0 Å². The van der Waals surface area contributed by atoms with Crippen molar-refractivity contribution < 1.29 is 9.53 Å². The molecule has 146 valence electrons. The van der Waals surface area contributed by atoms with Gasteiger partial charge in [-0.1, -0.05) is 17.7 Å². The summed E-state index contributed by atoms with van der Waals surface area (Å²) in [6, 6.07) is 6.23. The molecule has 2 rings (SSSR count). The van der Waals surface area contributed by atoms with E-state index in [0.717, 1.165) is 50.6 Å². The van der Waals surface area contributed by atoms with Gasteiger partial charge in [-0.15, -0.1) is 24.0 Å². The van der Waals surface area contributed by atoms with Crippen LogP contribution >= 0.6 is 24.0 Å². The molecule has 1 amide bonds. The number of piperidine rings is 1. The number of nitrogens with one attached hydrogen (secondary N) is 1. The van der Waals surface area contributed by atoms with Gasteiger partial charge < -0.3 is 20.7 Å². The molecule has 1 fully saturated rings. The molecule has 1 aliphatic heterocycles. The van der Waals surface area contributed by atoms with Crippen LogP contribution in [0.3, 0.4) is 0 Å². The molecule has 1 heterocycles. The molecule has 0 spiro atoms. The van der Waals surface area contributed by atoms with E-state index in [9.17, 15) is 4.79 Å². The fraction of sp³-hybridized carbons (Fsp3) is 0.579. The molecule has 0 bridgehead atoms. The zero-order valence-corrected chi connectivity index (χ0v) is 18.3. The van der Waals surface area contributed by atoms with E-state index in [-0.39, 0.29) is 29.9 Å². The number of rotatable bonds is 6. The summed E-state index contributed by atoms with van der Waals surface area (Å²) in [7, 11) is 3.50. The van der Waals surface area contributed by atoms with E-state index >= 15 is 0 Å². The Bertz CT molecular complexity index is 622. The lowest BCUT2D eigenvalue weighted by Gasteiger charge is -2.34. The van der Waals surface area contributed by atoms with Gasteiger partial charge in [0.1, 0.15) is 5.75 Å². The van der Waals surface area contributed by atoms with Crippen molar-refractivity contribution >= 4 is 35.8 Å². The summed E-state index contributed by atoms with van der Waals surface area (Å²) in [4.78, 5) is 17.8. The molecular formula is C19H31IN4O2. The molecule has 1 aromatic carbocycles. The fourth-order valence-electron chi connectivity index (χ4n) is 3.45. The van der Waals surface area contributed by atoms with Crippen LogP contribution in [-0.2, 0) is 11.2 Å². The van der Waals surface area contributed by atoms with Gasteiger partial charge in [0.2, 0.25) is 5.91 Å². The number of aliphatic imine (C=N–C) groups is 1. The summed E-state index contributed by atoms with van der Waals surface area (Å²) in [6.07, 6.45) is 3.43. The molecule has 0 radical (unpaired) electrons. The van der Waals surface area contributed by atoms with Crippen LogP contribution in [-0.4, -0.2) is 50.6 Å². The van der Waals surface area contributed by atoms with Crippen LogP contribution in [0.5, 0.6) is 5.75 Å². The Balaban J connectivity index is 0.00000338. The van der Waals surface area contributed by atoms with Gasteiger partial charge in [-0.05, 0) is 43.7 Å². The highest BCUT2D eigenvalue weighted by Gasteiger charge is 2.23. The molecule has 1 aromatic rings. The molecule has 7 heteroatoms. The maximum absolute atomic E-state index is 11.2. The summed E-state index contributed by atoms with van der Waals surface area (Å²) in [5, 5.41) is 3.44. The minimum atomic E-state index is -0.221. The van der Waals surface area contributed by atoms with Crippen LogP contribution in [0, 0.1) is 12.8 Å². The van der Waals surface area contributed by atoms with E-state index in [1.54, 1.807) is 14.2 Å². The second-order valence-corrected chi connectivity index (χ2v) is 6.66. The number of nitrogens with zero attached hydrogens (tertiary/aromatic N) is 2. The molecule has 3 N–H and O–H groups in total. The number of aryl methyl sites for hydroxylation is 1. The Labute approximate surface area is 173 Å². The maximum atomic E-state index is 11.2. The monoisotopic (exact) mass is 474 g/mol. The number of guanidine groups is 1. The fourth-order valence-corrected chi connectivity index (χ4v) is 3.45. The Morgan fingerprint density at radius 2 is 2.23 bits per heavy atom. The third-order valence-electron chi connectivity index (χ3n) is 4.63. The van der Waals surface area contributed by atoms with Crippen LogP contribution in [0.4, 0.5) is 0 Å². The second kappa shape index (κ2) is 11.3. The predicted molar refractivity (Wildman–Crippen MR) is 116 cm³/mol. The van der Waals surface area contributed by atoms with Crippen LogP contribution in [0.2, 0.25) is 0 Å². The number of hydrogen-bond acceptors (Lipinski definition) is 3. The van der Waals surface area contributed by atoms with Crippen molar-refractivity contribution in [2.24, 2.45) is 16.6 Å². The Morgan fingerprint density at radius 3 is 2.88 bits per heavy atom. The number of likely N-dealkylation sites (tertiary alicyclic amines) is 1. The highest BCUT2D eigenvalue weighted by Crippen LogP contribution is 2.21.